The highest BCUT2D eigenvalue weighted by Crippen LogP contribution is 2.19. The normalized spacial score (nSPS) is 13.4. The molecular formula is C34H41N5O3S. The molecule has 3 N–H and O–H groups in total. The van der Waals surface area contributed by atoms with Crippen LogP contribution in [0.1, 0.15) is 80.8 Å². The molecule has 0 spiro atoms. The molecule has 0 bridgehead atoms. The van der Waals surface area contributed by atoms with E-state index < -0.39 is 12.1 Å². The van der Waals surface area contributed by atoms with Crippen LogP contribution in [0.2, 0.25) is 0 Å². The predicted octanol–water partition coefficient (Wildman–Crippen LogP) is 5.29. The first-order valence-corrected chi connectivity index (χ1v) is 15.5. The largest absolute Gasteiger partial charge is 0.390 e. The van der Waals surface area contributed by atoms with Crippen LogP contribution in [0.5, 0.6) is 0 Å². The van der Waals surface area contributed by atoms with Gasteiger partial charge in [-0.05, 0) is 61.1 Å². The van der Waals surface area contributed by atoms with Crippen molar-refractivity contribution in [1.29, 1.82) is 0 Å². The van der Waals surface area contributed by atoms with Gasteiger partial charge in [0.05, 0.1) is 18.7 Å². The lowest BCUT2D eigenvalue weighted by Crippen LogP contribution is -2.49. The van der Waals surface area contributed by atoms with Crippen LogP contribution in [0.15, 0.2) is 78.4 Å². The molecule has 0 aliphatic carbocycles. The number of nitrogens with zero attached hydrogens (tertiary/aromatic N) is 3. The highest BCUT2D eigenvalue weighted by Gasteiger charge is 2.24. The van der Waals surface area contributed by atoms with Crippen molar-refractivity contribution in [2.24, 2.45) is 0 Å². The summed E-state index contributed by atoms with van der Waals surface area (Å²) in [5.41, 5.74) is 4.89. The molecule has 0 radical (unpaired) electrons. The Morgan fingerprint density at radius 1 is 0.977 bits per heavy atom. The fraction of sp³-hybridized carbons (Fsp3) is 0.353. The van der Waals surface area contributed by atoms with E-state index in [1.807, 2.05) is 62.0 Å². The summed E-state index contributed by atoms with van der Waals surface area (Å²) in [6.45, 7) is 8.88. The molecule has 0 saturated heterocycles. The molecule has 0 saturated carbocycles. The van der Waals surface area contributed by atoms with Crippen LogP contribution in [0.25, 0.3) is 0 Å². The number of amides is 2. The van der Waals surface area contributed by atoms with E-state index >= 15 is 0 Å². The summed E-state index contributed by atoms with van der Waals surface area (Å²) in [6, 6.07) is 18.0. The van der Waals surface area contributed by atoms with Crippen LogP contribution in [0.3, 0.4) is 0 Å². The van der Waals surface area contributed by atoms with Gasteiger partial charge in [0.15, 0.2) is 0 Å². The Labute approximate surface area is 258 Å². The molecular weight excluding hydrogens is 558 g/mol. The average Bonchev–Trinajstić information content (AvgIpc) is 3.43. The molecule has 0 aliphatic heterocycles. The van der Waals surface area contributed by atoms with E-state index in [0.717, 1.165) is 27.4 Å². The first-order chi connectivity index (χ1) is 20.6. The summed E-state index contributed by atoms with van der Waals surface area (Å²) in [5.74, 6) is -0.181. The minimum absolute atomic E-state index is 0.0399. The first kappa shape index (κ1) is 32.0. The maximum atomic E-state index is 13.5. The maximum absolute atomic E-state index is 13.5. The van der Waals surface area contributed by atoms with Crippen molar-refractivity contribution in [1.82, 2.24) is 25.5 Å². The summed E-state index contributed by atoms with van der Waals surface area (Å²) in [4.78, 5) is 37.0. The van der Waals surface area contributed by atoms with Gasteiger partial charge in [0.25, 0.3) is 11.8 Å². The smallest absolute Gasteiger partial charge is 0.253 e. The van der Waals surface area contributed by atoms with Gasteiger partial charge in [-0.25, -0.2) is 4.98 Å². The number of carbonyl (C=O) groups excluding carboxylic acids is 2. The van der Waals surface area contributed by atoms with Gasteiger partial charge < -0.3 is 20.6 Å². The number of rotatable bonds is 13. The number of thiazole rings is 1. The highest BCUT2D eigenvalue weighted by atomic mass is 32.1. The average molecular weight is 600 g/mol. The standard InChI is InChI=1S/C34H41N5O3S/c1-22(2)28-16-29(18-35-17-28)24(4)36-19-31(40)30(14-25-10-7-6-8-11-25)38-33(41)26-12-9-13-27(15-26)34(42)39(5)20-32-37-23(3)21-43-32/h6-13,15-18,21-22,24,30-31,36,40H,14,19-20H2,1-5H3,(H,38,41)/t24-,30+,31-/m1/s1. The molecule has 0 fully saturated rings. The molecule has 2 aromatic carbocycles. The Balaban J connectivity index is 1.45. The van der Waals surface area contributed by atoms with E-state index in [0.29, 0.717) is 30.0 Å². The van der Waals surface area contributed by atoms with Crippen LogP contribution < -0.4 is 10.6 Å². The number of carbonyl (C=O) groups is 2. The van der Waals surface area contributed by atoms with Crippen LogP contribution in [-0.2, 0) is 13.0 Å². The number of aryl methyl sites for hydroxylation is 1. The van der Waals surface area contributed by atoms with Crippen molar-refractivity contribution in [2.75, 3.05) is 13.6 Å². The summed E-state index contributed by atoms with van der Waals surface area (Å²) < 4.78 is 0. The fourth-order valence-electron chi connectivity index (χ4n) is 4.75. The van der Waals surface area contributed by atoms with Crippen LogP contribution in [0.4, 0.5) is 0 Å². The van der Waals surface area contributed by atoms with Gasteiger partial charge in [-0.3, -0.25) is 14.6 Å². The Bertz CT molecular complexity index is 1510. The van der Waals surface area contributed by atoms with Crippen molar-refractivity contribution in [3.63, 3.8) is 0 Å². The van der Waals surface area contributed by atoms with Gasteiger partial charge in [0.1, 0.15) is 5.01 Å². The SMILES string of the molecule is Cc1csc(CN(C)C(=O)c2cccc(C(=O)N[C@@H](Cc3ccccc3)[C@H](O)CN[C@H](C)c3cncc(C(C)C)c3)c2)n1. The highest BCUT2D eigenvalue weighted by molar-refractivity contribution is 7.09. The fourth-order valence-corrected chi connectivity index (χ4v) is 5.58. The molecule has 0 aliphatic rings. The van der Waals surface area contributed by atoms with Crippen LogP contribution in [-0.4, -0.2) is 57.5 Å². The third-order valence-corrected chi connectivity index (χ3v) is 8.37. The summed E-state index contributed by atoms with van der Waals surface area (Å²) in [6.07, 6.45) is 3.29. The second-order valence-electron chi connectivity index (χ2n) is 11.3. The van der Waals surface area contributed by atoms with E-state index in [2.05, 4.69) is 40.5 Å². The minimum Gasteiger partial charge on any atom is -0.390 e. The maximum Gasteiger partial charge on any atom is 0.253 e. The topological polar surface area (TPSA) is 107 Å². The molecule has 8 nitrogen and oxygen atoms in total. The molecule has 9 heteroatoms. The lowest BCUT2D eigenvalue weighted by molar-refractivity contribution is 0.0784. The van der Waals surface area contributed by atoms with Crippen molar-refractivity contribution in [3.05, 3.63) is 117 Å². The number of nitrogens with one attached hydrogen (secondary N) is 2. The zero-order valence-corrected chi connectivity index (χ0v) is 26.3. The van der Waals surface area contributed by atoms with E-state index in [-0.39, 0.29) is 24.4 Å². The van der Waals surface area contributed by atoms with Crippen molar-refractivity contribution >= 4 is 23.2 Å². The number of benzene rings is 2. The van der Waals surface area contributed by atoms with Crippen LogP contribution >= 0.6 is 11.3 Å². The quantitative estimate of drug-likeness (QED) is 0.193. The van der Waals surface area contributed by atoms with Gasteiger partial charge >= 0.3 is 0 Å². The third kappa shape index (κ3) is 9.03. The molecule has 2 heterocycles. The number of hydrogen-bond donors (Lipinski definition) is 3. The van der Waals surface area contributed by atoms with Gasteiger partial charge in [-0.2, -0.15) is 0 Å². The van der Waals surface area contributed by atoms with E-state index in [1.54, 1.807) is 36.2 Å². The Morgan fingerprint density at radius 2 is 1.70 bits per heavy atom. The minimum atomic E-state index is -0.870. The third-order valence-electron chi connectivity index (χ3n) is 7.42. The number of aliphatic hydroxyl groups is 1. The van der Waals surface area contributed by atoms with Gasteiger partial charge in [0.2, 0.25) is 0 Å². The monoisotopic (exact) mass is 599 g/mol. The summed E-state index contributed by atoms with van der Waals surface area (Å²) >= 11 is 1.51. The van der Waals surface area contributed by atoms with E-state index in [1.165, 1.54) is 11.3 Å². The summed E-state index contributed by atoms with van der Waals surface area (Å²) in [7, 11) is 1.72. The van der Waals surface area contributed by atoms with E-state index in [4.69, 9.17) is 0 Å². The molecule has 4 rings (SSSR count). The predicted molar refractivity (Wildman–Crippen MR) is 171 cm³/mol. The van der Waals surface area contributed by atoms with Gasteiger partial charge in [0, 0.05) is 54.2 Å². The Morgan fingerprint density at radius 3 is 2.40 bits per heavy atom. The number of aromatic nitrogens is 2. The van der Waals surface area contributed by atoms with Crippen LogP contribution in [0, 0.1) is 6.92 Å². The Hall–Kier alpha value is -3.92. The molecule has 3 atom stereocenters. The first-order valence-electron chi connectivity index (χ1n) is 14.6. The van der Waals surface area contributed by atoms with E-state index in [9.17, 15) is 14.7 Å². The zero-order chi connectivity index (χ0) is 30.9. The second kappa shape index (κ2) is 15.0. The molecule has 226 valence electrons. The number of aliphatic hydroxyl groups excluding tert-OH is 1. The zero-order valence-electron chi connectivity index (χ0n) is 25.4. The van der Waals surface area contributed by atoms with Crippen molar-refractivity contribution in [3.8, 4) is 0 Å². The van der Waals surface area contributed by atoms with Gasteiger partial charge in [-0.1, -0.05) is 56.3 Å². The van der Waals surface area contributed by atoms with Gasteiger partial charge in [-0.15, -0.1) is 11.3 Å². The molecule has 0 unspecified atom stereocenters. The molecule has 2 aromatic heterocycles. The number of pyridine rings is 1. The Kier molecular flexibility index (Phi) is 11.2. The lowest BCUT2D eigenvalue weighted by atomic mass is 9.99. The van der Waals surface area contributed by atoms with Crippen molar-refractivity contribution in [2.45, 2.75) is 64.8 Å². The molecule has 43 heavy (non-hydrogen) atoms. The summed E-state index contributed by atoms with van der Waals surface area (Å²) in [5, 5.41) is 20.6. The molecule has 2 amide bonds. The molecule has 4 aromatic rings. The van der Waals surface area contributed by atoms with Crippen molar-refractivity contribution < 1.29 is 14.7 Å². The number of hydrogen-bond acceptors (Lipinski definition) is 7. The lowest BCUT2D eigenvalue weighted by Gasteiger charge is -2.26. The second-order valence-corrected chi connectivity index (χ2v) is 12.2.